The second-order valence-electron chi connectivity index (χ2n) is 10.8. The van der Waals surface area contributed by atoms with Crippen LogP contribution in [0.15, 0.2) is 0 Å². The van der Waals surface area contributed by atoms with Gasteiger partial charge in [-0.3, -0.25) is 4.79 Å². The van der Waals surface area contributed by atoms with Gasteiger partial charge in [0.25, 0.3) is 0 Å². The zero-order valence-electron chi connectivity index (χ0n) is 16.6. The van der Waals surface area contributed by atoms with Gasteiger partial charge in [-0.2, -0.15) is 0 Å². The number of carbonyl (C=O) groups excluding carboxylic acids is 1. The fourth-order valence-corrected chi connectivity index (χ4v) is 8.27. The minimum absolute atomic E-state index is 0.0184. The van der Waals surface area contributed by atoms with Crippen molar-refractivity contribution < 1.29 is 15.0 Å². The lowest BCUT2D eigenvalue weighted by Gasteiger charge is -2.65. The summed E-state index contributed by atoms with van der Waals surface area (Å²) < 4.78 is 0. The van der Waals surface area contributed by atoms with E-state index in [2.05, 4.69) is 34.6 Å². The Hall–Kier alpha value is -0.410. The van der Waals surface area contributed by atoms with E-state index in [0.717, 1.165) is 25.7 Å². The summed E-state index contributed by atoms with van der Waals surface area (Å²) in [4.78, 5) is 12.1. The van der Waals surface area contributed by atoms with Crippen molar-refractivity contribution in [3.05, 3.63) is 0 Å². The van der Waals surface area contributed by atoms with Crippen LogP contribution in [-0.4, -0.2) is 27.7 Å². The molecule has 0 spiro atoms. The molecule has 0 bridgehead atoms. The third kappa shape index (κ3) is 2.09. The Bertz CT molecular complexity index is 588. The summed E-state index contributed by atoms with van der Waals surface area (Å²) >= 11 is 0. The van der Waals surface area contributed by atoms with E-state index in [-0.39, 0.29) is 22.7 Å². The average molecular weight is 349 g/mol. The third-order valence-corrected chi connectivity index (χ3v) is 9.82. The third-order valence-electron chi connectivity index (χ3n) is 9.82. The minimum atomic E-state index is -0.817. The molecule has 142 valence electrons. The van der Waals surface area contributed by atoms with Crippen LogP contribution in [0.5, 0.6) is 0 Å². The zero-order chi connectivity index (χ0) is 18.4. The van der Waals surface area contributed by atoms with E-state index in [4.69, 9.17) is 0 Å². The second-order valence-corrected chi connectivity index (χ2v) is 10.8. The average Bonchev–Trinajstić information content (AvgIpc) is 2.71. The van der Waals surface area contributed by atoms with E-state index in [1.807, 2.05) is 0 Å². The molecule has 0 aromatic heterocycles. The van der Waals surface area contributed by atoms with Crippen LogP contribution in [0.4, 0.5) is 0 Å². The molecule has 4 fully saturated rings. The van der Waals surface area contributed by atoms with Crippen molar-refractivity contribution in [2.24, 2.45) is 46.3 Å². The number of ketones is 1. The van der Waals surface area contributed by atoms with Crippen molar-refractivity contribution in [3.8, 4) is 0 Å². The SMILES string of the molecule is CC1CC2(O)CC(=O)CCC2(C)C2CCC3(C)C(C12)C(C)[C@H](C)C3O. The van der Waals surface area contributed by atoms with Crippen LogP contribution in [-0.2, 0) is 4.79 Å². The normalized spacial score (nSPS) is 61.4. The van der Waals surface area contributed by atoms with Crippen molar-refractivity contribution in [1.29, 1.82) is 0 Å². The van der Waals surface area contributed by atoms with Gasteiger partial charge in [0.1, 0.15) is 5.78 Å². The number of carbonyl (C=O) groups is 1. The summed E-state index contributed by atoms with van der Waals surface area (Å²) in [6.07, 6.45) is 4.52. The lowest BCUT2D eigenvalue weighted by Crippen LogP contribution is -2.65. The van der Waals surface area contributed by atoms with Crippen molar-refractivity contribution >= 4 is 5.78 Å². The number of aliphatic hydroxyl groups excluding tert-OH is 1. The van der Waals surface area contributed by atoms with Crippen molar-refractivity contribution in [2.45, 2.75) is 84.8 Å². The van der Waals surface area contributed by atoms with Gasteiger partial charge in [-0.25, -0.2) is 0 Å². The number of hydrogen-bond acceptors (Lipinski definition) is 3. The number of Topliss-reactive ketones (excluding diaryl/α,β-unsaturated/α-hetero) is 1. The molecule has 2 N–H and O–H groups in total. The smallest absolute Gasteiger partial charge is 0.135 e. The van der Waals surface area contributed by atoms with E-state index in [1.54, 1.807) is 0 Å². The van der Waals surface area contributed by atoms with E-state index < -0.39 is 5.60 Å². The first-order valence-electron chi connectivity index (χ1n) is 10.5. The predicted molar refractivity (Wildman–Crippen MR) is 97.8 cm³/mol. The Balaban J connectivity index is 1.76. The quantitative estimate of drug-likeness (QED) is 0.700. The highest BCUT2D eigenvalue weighted by atomic mass is 16.3. The summed E-state index contributed by atoms with van der Waals surface area (Å²) in [7, 11) is 0. The van der Waals surface area contributed by atoms with Crippen LogP contribution in [0.25, 0.3) is 0 Å². The van der Waals surface area contributed by atoms with Gasteiger partial charge < -0.3 is 10.2 Å². The molecule has 0 saturated heterocycles. The van der Waals surface area contributed by atoms with Gasteiger partial charge in [-0.1, -0.05) is 34.6 Å². The lowest BCUT2D eigenvalue weighted by atomic mass is 9.41. The van der Waals surface area contributed by atoms with Crippen LogP contribution in [0.3, 0.4) is 0 Å². The number of aliphatic hydroxyl groups is 2. The molecule has 10 atom stereocenters. The van der Waals surface area contributed by atoms with Gasteiger partial charge in [-0.05, 0) is 66.6 Å². The molecule has 0 aliphatic heterocycles. The fraction of sp³-hybridized carbons (Fsp3) is 0.955. The van der Waals surface area contributed by atoms with Crippen LogP contribution in [0, 0.1) is 46.3 Å². The first kappa shape index (κ1) is 18.0. The van der Waals surface area contributed by atoms with Crippen molar-refractivity contribution in [3.63, 3.8) is 0 Å². The Kier molecular flexibility index (Phi) is 3.82. The molecule has 0 aromatic carbocycles. The summed E-state index contributed by atoms with van der Waals surface area (Å²) in [6.45, 7) is 11.4. The summed E-state index contributed by atoms with van der Waals surface area (Å²) in [5.74, 6) is 3.10. The highest BCUT2D eigenvalue weighted by molar-refractivity contribution is 5.80. The molecular weight excluding hydrogens is 312 g/mol. The number of rotatable bonds is 0. The van der Waals surface area contributed by atoms with Crippen LogP contribution < -0.4 is 0 Å². The highest BCUT2D eigenvalue weighted by Crippen LogP contribution is 2.69. The first-order chi connectivity index (χ1) is 11.5. The number of hydrogen-bond donors (Lipinski definition) is 2. The second kappa shape index (κ2) is 5.32. The molecule has 9 unspecified atom stereocenters. The minimum Gasteiger partial charge on any atom is -0.392 e. The Morgan fingerprint density at radius 2 is 1.76 bits per heavy atom. The molecule has 0 aromatic rings. The van der Waals surface area contributed by atoms with Crippen LogP contribution >= 0.6 is 0 Å². The molecule has 4 aliphatic carbocycles. The van der Waals surface area contributed by atoms with Gasteiger partial charge in [0.15, 0.2) is 0 Å². The van der Waals surface area contributed by atoms with Crippen LogP contribution in [0.1, 0.15) is 73.1 Å². The molecule has 3 nitrogen and oxygen atoms in total. The molecular formula is C22H36O3. The van der Waals surface area contributed by atoms with Crippen molar-refractivity contribution in [2.75, 3.05) is 0 Å². The molecule has 25 heavy (non-hydrogen) atoms. The first-order valence-corrected chi connectivity index (χ1v) is 10.5. The standard InChI is InChI=1S/C22H36O3/c1-12-10-22(25)11-15(23)6-9-21(22,5)16-7-8-20(4)18(17(12)16)13(2)14(3)19(20)24/h12-14,16-19,24-25H,6-11H2,1-5H3/t12?,13?,14-,16?,17?,18?,19?,20?,21?,22?/m0/s1. The van der Waals surface area contributed by atoms with E-state index in [9.17, 15) is 15.0 Å². The Morgan fingerprint density at radius 3 is 2.44 bits per heavy atom. The van der Waals surface area contributed by atoms with Gasteiger partial charge in [0, 0.05) is 18.3 Å². The molecule has 4 rings (SSSR count). The number of fused-ring (bicyclic) bond motifs is 5. The maximum atomic E-state index is 12.1. The summed E-state index contributed by atoms with van der Waals surface area (Å²) in [5, 5.41) is 22.5. The Morgan fingerprint density at radius 1 is 1.08 bits per heavy atom. The molecule has 4 saturated carbocycles. The molecule has 3 heteroatoms. The summed E-state index contributed by atoms with van der Waals surface area (Å²) in [6, 6.07) is 0. The molecule has 0 radical (unpaired) electrons. The maximum Gasteiger partial charge on any atom is 0.135 e. The largest absolute Gasteiger partial charge is 0.392 e. The van der Waals surface area contributed by atoms with Gasteiger partial charge in [0.05, 0.1) is 11.7 Å². The fourth-order valence-electron chi connectivity index (χ4n) is 8.27. The van der Waals surface area contributed by atoms with E-state index in [0.29, 0.717) is 48.3 Å². The maximum absolute atomic E-state index is 12.1. The van der Waals surface area contributed by atoms with Gasteiger partial charge in [0.2, 0.25) is 0 Å². The van der Waals surface area contributed by atoms with E-state index >= 15 is 0 Å². The monoisotopic (exact) mass is 348 g/mol. The topological polar surface area (TPSA) is 57.5 Å². The van der Waals surface area contributed by atoms with E-state index in [1.165, 1.54) is 0 Å². The summed E-state index contributed by atoms with van der Waals surface area (Å²) in [5.41, 5.74) is -0.941. The van der Waals surface area contributed by atoms with Gasteiger partial charge >= 0.3 is 0 Å². The van der Waals surface area contributed by atoms with Crippen molar-refractivity contribution in [1.82, 2.24) is 0 Å². The molecule has 4 aliphatic rings. The van der Waals surface area contributed by atoms with Gasteiger partial charge in [-0.15, -0.1) is 0 Å². The van der Waals surface area contributed by atoms with Crippen LogP contribution in [0.2, 0.25) is 0 Å². The Labute approximate surface area is 152 Å². The lowest BCUT2D eigenvalue weighted by molar-refractivity contribution is -0.223. The predicted octanol–water partition coefficient (Wildman–Crippen LogP) is 3.81. The molecule has 0 amide bonds. The molecule has 0 heterocycles. The zero-order valence-corrected chi connectivity index (χ0v) is 16.6. The highest BCUT2D eigenvalue weighted by Gasteiger charge is 2.68.